The molecule has 4 amide bonds. The molecule has 0 aromatic heterocycles. The second kappa shape index (κ2) is 9.12. The third-order valence-electron chi connectivity index (χ3n) is 6.00. The molecule has 34 heavy (non-hydrogen) atoms. The van der Waals surface area contributed by atoms with E-state index in [1.54, 1.807) is 38.2 Å². The van der Waals surface area contributed by atoms with Gasteiger partial charge >= 0.3 is 6.03 Å². The fraction of sp³-hybridized carbons (Fsp3) is 0.375. The first kappa shape index (κ1) is 23.2. The molecule has 2 aromatic rings. The average molecular weight is 469 g/mol. The van der Waals surface area contributed by atoms with Gasteiger partial charge in [0.05, 0.1) is 20.8 Å². The number of imide groups is 1. The van der Waals surface area contributed by atoms with Crippen molar-refractivity contribution in [2.75, 3.05) is 41.0 Å². The number of amides is 4. The predicted molar refractivity (Wildman–Crippen MR) is 121 cm³/mol. The molecule has 0 spiro atoms. The Bertz CT molecular complexity index is 1120. The Hall–Kier alpha value is -3.95. The van der Waals surface area contributed by atoms with E-state index in [1.807, 2.05) is 18.2 Å². The monoisotopic (exact) mass is 469 g/mol. The summed E-state index contributed by atoms with van der Waals surface area (Å²) in [7, 11) is 4.59. The Morgan fingerprint density at radius 2 is 1.85 bits per heavy atom. The number of methoxy groups -OCH3 is 2. The van der Waals surface area contributed by atoms with Gasteiger partial charge in [0.2, 0.25) is 5.91 Å². The zero-order valence-corrected chi connectivity index (χ0v) is 19.5. The number of nitrogens with zero attached hydrogens (tertiary/aromatic N) is 2. The number of urea groups is 1. The summed E-state index contributed by atoms with van der Waals surface area (Å²) >= 11 is 0. The first-order valence-electron chi connectivity index (χ1n) is 10.8. The number of likely N-dealkylation sites (N-methyl/N-ethyl adjacent to an activating group) is 1. The van der Waals surface area contributed by atoms with Gasteiger partial charge in [-0.25, -0.2) is 4.79 Å². The third kappa shape index (κ3) is 4.18. The van der Waals surface area contributed by atoms with Crippen LogP contribution in [0.25, 0.3) is 0 Å². The minimum absolute atomic E-state index is 0.240. The molecule has 2 aromatic carbocycles. The number of fused-ring (bicyclic) bond motifs is 1. The number of hydrogen-bond donors (Lipinski definition) is 1. The first-order valence-corrected chi connectivity index (χ1v) is 10.8. The average Bonchev–Trinajstić information content (AvgIpc) is 3.07. The number of rotatable bonds is 7. The largest absolute Gasteiger partial charge is 0.493 e. The van der Waals surface area contributed by atoms with Crippen molar-refractivity contribution in [3.05, 3.63) is 48.0 Å². The zero-order chi connectivity index (χ0) is 24.5. The van der Waals surface area contributed by atoms with E-state index in [2.05, 4.69) is 5.32 Å². The molecule has 2 aliphatic heterocycles. The maximum Gasteiger partial charge on any atom is 0.325 e. The van der Waals surface area contributed by atoms with Gasteiger partial charge in [0.15, 0.2) is 29.1 Å². The van der Waals surface area contributed by atoms with E-state index in [0.29, 0.717) is 28.6 Å². The maximum atomic E-state index is 13.2. The van der Waals surface area contributed by atoms with E-state index in [4.69, 9.17) is 18.9 Å². The number of nitrogens with one attached hydrogen (secondary N) is 1. The van der Waals surface area contributed by atoms with Crippen molar-refractivity contribution in [1.29, 1.82) is 0 Å². The van der Waals surface area contributed by atoms with Crippen LogP contribution in [0.4, 0.5) is 4.79 Å². The third-order valence-corrected chi connectivity index (χ3v) is 6.00. The van der Waals surface area contributed by atoms with Gasteiger partial charge < -0.3 is 29.2 Å². The molecule has 0 unspecified atom stereocenters. The Balaban J connectivity index is 1.42. The highest BCUT2D eigenvalue weighted by atomic mass is 16.6. The SMILES string of the molecule is COc1ccc([C@]2(C)NC(=O)N(CC(=O)N(C)C[C@H]3COc4ccccc4O3)C2=O)cc1OC. The minimum atomic E-state index is -1.35. The molecular weight excluding hydrogens is 442 g/mol. The molecule has 2 heterocycles. The lowest BCUT2D eigenvalue weighted by molar-refractivity contribution is -0.138. The number of carbonyl (C=O) groups excluding carboxylic acids is 3. The van der Waals surface area contributed by atoms with Gasteiger partial charge in [0, 0.05) is 7.05 Å². The highest BCUT2D eigenvalue weighted by molar-refractivity contribution is 6.09. The molecule has 1 N–H and O–H groups in total. The molecule has 4 rings (SSSR count). The zero-order valence-electron chi connectivity index (χ0n) is 19.5. The number of carbonyl (C=O) groups is 3. The second-order valence-electron chi connectivity index (χ2n) is 8.29. The first-order chi connectivity index (χ1) is 16.3. The molecule has 10 heteroatoms. The van der Waals surface area contributed by atoms with Crippen molar-refractivity contribution in [1.82, 2.24) is 15.1 Å². The topological polar surface area (TPSA) is 107 Å². The quantitative estimate of drug-likeness (QED) is 0.616. The van der Waals surface area contributed by atoms with Gasteiger partial charge in [-0.3, -0.25) is 14.5 Å². The molecule has 2 atom stereocenters. The number of ether oxygens (including phenoxy) is 4. The predicted octanol–water partition coefficient (Wildman–Crippen LogP) is 1.77. The summed E-state index contributed by atoms with van der Waals surface area (Å²) in [4.78, 5) is 41.1. The van der Waals surface area contributed by atoms with E-state index in [1.165, 1.54) is 19.1 Å². The van der Waals surface area contributed by atoms with Crippen LogP contribution in [0.5, 0.6) is 23.0 Å². The van der Waals surface area contributed by atoms with Crippen molar-refractivity contribution >= 4 is 17.8 Å². The van der Waals surface area contributed by atoms with Gasteiger partial charge in [-0.1, -0.05) is 18.2 Å². The lowest BCUT2D eigenvalue weighted by Gasteiger charge is -2.30. The molecule has 0 bridgehead atoms. The highest BCUT2D eigenvalue weighted by Gasteiger charge is 2.50. The van der Waals surface area contributed by atoms with Crippen LogP contribution in [0.1, 0.15) is 12.5 Å². The smallest absolute Gasteiger partial charge is 0.325 e. The lowest BCUT2D eigenvalue weighted by Crippen LogP contribution is -2.47. The van der Waals surface area contributed by atoms with Crippen molar-refractivity contribution in [3.8, 4) is 23.0 Å². The Labute approximate surface area is 197 Å². The summed E-state index contributed by atoms with van der Waals surface area (Å²) < 4.78 is 22.1. The van der Waals surface area contributed by atoms with Crippen LogP contribution < -0.4 is 24.3 Å². The van der Waals surface area contributed by atoms with Crippen LogP contribution in [0.3, 0.4) is 0 Å². The summed E-state index contributed by atoms with van der Waals surface area (Å²) in [5.41, 5.74) is -0.835. The van der Waals surface area contributed by atoms with Crippen molar-refractivity contribution in [3.63, 3.8) is 0 Å². The van der Waals surface area contributed by atoms with Gasteiger partial charge in [0.25, 0.3) is 5.91 Å². The molecule has 1 fully saturated rings. The molecular formula is C24H27N3O7. The number of benzene rings is 2. The van der Waals surface area contributed by atoms with E-state index >= 15 is 0 Å². The molecule has 0 aliphatic carbocycles. The van der Waals surface area contributed by atoms with Gasteiger partial charge in [0.1, 0.15) is 18.7 Å². The lowest BCUT2D eigenvalue weighted by atomic mass is 9.91. The molecule has 2 aliphatic rings. The van der Waals surface area contributed by atoms with E-state index in [-0.39, 0.29) is 19.3 Å². The fourth-order valence-corrected chi connectivity index (χ4v) is 4.00. The van der Waals surface area contributed by atoms with Gasteiger partial charge in [-0.15, -0.1) is 0 Å². The number of para-hydroxylation sites is 2. The van der Waals surface area contributed by atoms with Crippen LogP contribution in [0.2, 0.25) is 0 Å². The normalized spacial score (nSPS) is 21.2. The van der Waals surface area contributed by atoms with Crippen molar-refractivity contribution in [2.24, 2.45) is 0 Å². The van der Waals surface area contributed by atoms with Crippen molar-refractivity contribution in [2.45, 2.75) is 18.6 Å². The maximum absolute atomic E-state index is 13.2. The van der Waals surface area contributed by atoms with Crippen LogP contribution in [0.15, 0.2) is 42.5 Å². The van der Waals surface area contributed by atoms with Crippen LogP contribution in [0, 0.1) is 0 Å². The molecule has 180 valence electrons. The standard InChI is InChI=1S/C24H27N3O7/c1-24(15-9-10-17(31-3)20(11-15)32-4)22(29)27(23(30)25-24)13-21(28)26(2)12-16-14-33-18-7-5-6-8-19(18)34-16/h5-11,16H,12-14H2,1-4H3,(H,25,30)/t16-,24-/m0/s1. The second-order valence-corrected chi connectivity index (χ2v) is 8.29. The minimum Gasteiger partial charge on any atom is -0.493 e. The van der Waals surface area contributed by atoms with Gasteiger partial charge in [-0.2, -0.15) is 0 Å². The summed E-state index contributed by atoms with van der Waals surface area (Å²) in [5.74, 6) is 1.26. The highest BCUT2D eigenvalue weighted by Crippen LogP contribution is 2.35. The fourth-order valence-electron chi connectivity index (χ4n) is 4.00. The molecule has 1 saturated heterocycles. The Morgan fingerprint density at radius 3 is 2.56 bits per heavy atom. The Morgan fingerprint density at radius 1 is 1.15 bits per heavy atom. The van der Waals surface area contributed by atoms with E-state index in [9.17, 15) is 14.4 Å². The van der Waals surface area contributed by atoms with Crippen LogP contribution >= 0.6 is 0 Å². The van der Waals surface area contributed by atoms with E-state index in [0.717, 1.165) is 4.90 Å². The van der Waals surface area contributed by atoms with Crippen molar-refractivity contribution < 1.29 is 33.3 Å². The summed E-state index contributed by atoms with van der Waals surface area (Å²) in [6.07, 6.45) is -0.371. The summed E-state index contributed by atoms with van der Waals surface area (Å²) in [6.45, 7) is 1.72. The molecule has 0 radical (unpaired) electrons. The van der Waals surface area contributed by atoms with E-state index < -0.39 is 29.9 Å². The summed E-state index contributed by atoms with van der Waals surface area (Å²) in [6, 6.07) is 11.6. The summed E-state index contributed by atoms with van der Waals surface area (Å²) in [5, 5.41) is 2.70. The molecule has 10 nitrogen and oxygen atoms in total. The Kier molecular flexibility index (Phi) is 6.23. The van der Waals surface area contributed by atoms with Crippen LogP contribution in [-0.4, -0.2) is 74.7 Å². The van der Waals surface area contributed by atoms with Crippen LogP contribution in [-0.2, 0) is 15.1 Å². The molecule has 0 saturated carbocycles. The van der Waals surface area contributed by atoms with Gasteiger partial charge in [-0.05, 0) is 36.8 Å². The number of hydrogen-bond acceptors (Lipinski definition) is 7.